The Balaban J connectivity index is 0.000000771. The van der Waals surface area contributed by atoms with Gasteiger partial charge in [0.15, 0.2) is 5.65 Å². The topological polar surface area (TPSA) is 30.3 Å². The first-order valence-electron chi connectivity index (χ1n) is 11.7. The van der Waals surface area contributed by atoms with Gasteiger partial charge in [0.05, 0.1) is 24.6 Å². The second kappa shape index (κ2) is 12.9. The molecule has 2 aromatic carbocycles. The van der Waals surface area contributed by atoms with Crippen LogP contribution >= 0.6 is 27.9 Å². The fourth-order valence-corrected chi connectivity index (χ4v) is 5.04. The maximum Gasteiger partial charge on any atom is 0.151 e. The monoisotopic (exact) mass is 543 g/mol. The molecule has 0 spiro atoms. The molecule has 2 aromatic heterocycles. The number of benzene rings is 2. The van der Waals surface area contributed by atoms with Crippen molar-refractivity contribution in [2.75, 3.05) is 31.2 Å². The van der Waals surface area contributed by atoms with Gasteiger partial charge in [-0.25, -0.2) is 9.37 Å². The zero-order valence-electron chi connectivity index (χ0n) is 20.1. The predicted octanol–water partition coefficient (Wildman–Crippen LogP) is 8.05. The van der Waals surface area contributed by atoms with Gasteiger partial charge in [-0.15, -0.1) is 0 Å². The standard InChI is InChI=1S/C23H19BrFN3OS.2C2H6/c24-19-8-9-26-23-18(19)15-22(28(23)30-17-4-2-1-3-5-17)16-6-7-21(20(25)14-16)27-10-12-29-13-11-27;2*1-2/h1-9,14-15H,10-13H2;2*1-2H3. The number of aromatic nitrogens is 2. The molecule has 0 saturated carbocycles. The molecule has 0 atom stereocenters. The molecule has 0 aliphatic carbocycles. The lowest BCUT2D eigenvalue weighted by molar-refractivity contribution is 0.122. The van der Waals surface area contributed by atoms with Crippen LogP contribution in [0.1, 0.15) is 27.7 Å². The van der Waals surface area contributed by atoms with Gasteiger partial charge in [-0.05, 0) is 64.3 Å². The highest BCUT2D eigenvalue weighted by atomic mass is 79.9. The van der Waals surface area contributed by atoms with Crippen LogP contribution in [0, 0.1) is 5.82 Å². The summed E-state index contributed by atoms with van der Waals surface area (Å²) >= 11 is 5.20. The van der Waals surface area contributed by atoms with Crippen LogP contribution in [0.4, 0.5) is 10.1 Å². The van der Waals surface area contributed by atoms with E-state index in [2.05, 4.69) is 43.1 Å². The van der Waals surface area contributed by atoms with Crippen molar-refractivity contribution < 1.29 is 9.13 Å². The van der Waals surface area contributed by atoms with Crippen LogP contribution in [0.5, 0.6) is 0 Å². The van der Waals surface area contributed by atoms with E-state index in [4.69, 9.17) is 4.74 Å². The van der Waals surface area contributed by atoms with Crippen LogP contribution in [-0.4, -0.2) is 35.3 Å². The second-order valence-electron chi connectivity index (χ2n) is 7.02. The van der Waals surface area contributed by atoms with E-state index in [0.717, 1.165) is 31.7 Å². The third-order valence-corrected chi connectivity index (χ3v) is 6.87. The first-order valence-corrected chi connectivity index (χ1v) is 13.3. The minimum Gasteiger partial charge on any atom is -0.378 e. The first-order chi connectivity index (χ1) is 16.7. The maximum atomic E-state index is 15.1. The molecular formula is C27H31BrFN3OS. The van der Waals surface area contributed by atoms with Gasteiger partial charge in [-0.3, -0.25) is 3.97 Å². The molecule has 4 aromatic rings. The van der Waals surface area contributed by atoms with E-state index < -0.39 is 0 Å². The van der Waals surface area contributed by atoms with E-state index in [-0.39, 0.29) is 5.82 Å². The van der Waals surface area contributed by atoms with Crippen molar-refractivity contribution in [3.8, 4) is 11.3 Å². The Morgan fingerprint density at radius 3 is 2.32 bits per heavy atom. The number of fused-ring (bicyclic) bond motifs is 1. The first kappa shape index (κ1) is 26.3. The van der Waals surface area contributed by atoms with Gasteiger partial charge in [0.2, 0.25) is 0 Å². The van der Waals surface area contributed by atoms with Gasteiger partial charge in [-0.2, -0.15) is 0 Å². The number of halogens is 2. The number of anilines is 1. The molecule has 3 heterocycles. The molecule has 34 heavy (non-hydrogen) atoms. The highest BCUT2D eigenvalue weighted by molar-refractivity contribution is 9.10. The number of hydrogen-bond acceptors (Lipinski definition) is 4. The van der Waals surface area contributed by atoms with Gasteiger partial charge >= 0.3 is 0 Å². The number of nitrogens with zero attached hydrogens (tertiary/aromatic N) is 3. The van der Waals surface area contributed by atoms with Crippen molar-refractivity contribution in [3.05, 3.63) is 77.2 Å². The molecule has 0 radical (unpaired) electrons. The van der Waals surface area contributed by atoms with E-state index >= 15 is 4.39 Å². The van der Waals surface area contributed by atoms with Crippen LogP contribution in [0.2, 0.25) is 0 Å². The summed E-state index contributed by atoms with van der Waals surface area (Å²) in [6.07, 6.45) is 1.78. The number of morpholine rings is 1. The fraction of sp³-hybridized carbons (Fsp3) is 0.296. The lowest BCUT2D eigenvalue weighted by atomic mass is 10.1. The average Bonchev–Trinajstić information content (AvgIpc) is 3.27. The van der Waals surface area contributed by atoms with E-state index in [9.17, 15) is 0 Å². The summed E-state index contributed by atoms with van der Waals surface area (Å²) in [6, 6.07) is 19.6. The average molecular weight is 545 g/mol. The molecule has 0 bridgehead atoms. The Bertz CT molecular complexity index is 1190. The van der Waals surface area contributed by atoms with E-state index in [1.807, 2.05) is 69.0 Å². The van der Waals surface area contributed by atoms with Crippen molar-refractivity contribution in [1.82, 2.24) is 8.96 Å². The number of rotatable bonds is 4. The molecule has 1 fully saturated rings. The molecule has 0 amide bonds. The molecule has 4 nitrogen and oxygen atoms in total. The third-order valence-electron chi connectivity index (χ3n) is 5.14. The van der Waals surface area contributed by atoms with Crippen molar-refractivity contribution >= 4 is 44.6 Å². The fourth-order valence-electron chi connectivity index (χ4n) is 3.65. The second-order valence-corrected chi connectivity index (χ2v) is 8.90. The lowest BCUT2D eigenvalue weighted by Gasteiger charge is -2.29. The molecule has 1 aliphatic rings. The van der Waals surface area contributed by atoms with Crippen LogP contribution in [-0.2, 0) is 4.74 Å². The van der Waals surface area contributed by atoms with Gasteiger partial charge in [0, 0.05) is 39.6 Å². The molecule has 5 rings (SSSR count). The molecule has 1 saturated heterocycles. The van der Waals surface area contributed by atoms with Crippen LogP contribution in [0.15, 0.2) is 76.2 Å². The van der Waals surface area contributed by atoms with Gasteiger partial charge in [-0.1, -0.05) is 52.0 Å². The van der Waals surface area contributed by atoms with Crippen molar-refractivity contribution in [3.63, 3.8) is 0 Å². The van der Waals surface area contributed by atoms with Gasteiger partial charge < -0.3 is 9.64 Å². The largest absolute Gasteiger partial charge is 0.378 e. The molecule has 0 unspecified atom stereocenters. The summed E-state index contributed by atoms with van der Waals surface area (Å²) < 4.78 is 23.5. The summed E-state index contributed by atoms with van der Waals surface area (Å²) in [6.45, 7) is 10.7. The highest BCUT2D eigenvalue weighted by Gasteiger charge is 2.19. The van der Waals surface area contributed by atoms with Crippen LogP contribution in [0.3, 0.4) is 0 Å². The summed E-state index contributed by atoms with van der Waals surface area (Å²) in [5, 5.41) is 0.994. The lowest BCUT2D eigenvalue weighted by Crippen LogP contribution is -2.36. The molecular weight excluding hydrogens is 513 g/mol. The van der Waals surface area contributed by atoms with Gasteiger partial charge in [0.1, 0.15) is 5.82 Å². The smallest absolute Gasteiger partial charge is 0.151 e. The summed E-state index contributed by atoms with van der Waals surface area (Å²) in [5.74, 6) is -0.219. The predicted molar refractivity (Wildman–Crippen MR) is 146 cm³/mol. The van der Waals surface area contributed by atoms with E-state index in [0.29, 0.717) is 32.0 Å². The van der Waals surface area contributed by atoms with Crippen LogP contribution in [0.25, 0.3) is 22.3 Å². The number of hydrogen-bond donors (Lipinski definition) is 0. The Kier molecular flexibility index (Phi) is 9.99. The summed E-state index contributed by atoms with van der Waals surface area (Å²) in [7, 11) is 0. The Hall–Kier alpha value is -2.35. The van der Waals surface area contributed by atoms with Crippen molar-refractivity contribution in [2.24, 2.45) is 0 Å². The zero-order valence-corrected chi connectivity index (χ0v) is 22.5. The zero-order chi connectivity index (χ0) is 24.5. The maximum absolute atomic E-state index is 15.1. The number of ether oxygens (including phenoxy) is 1. The quantitative estimate of drug-likeness (QED) is 0.260. The molecule has 7 heteroatoms. The molecule has 0 N–H and O–H groups in total. The van der Waals surface area contributed by atoms with E-state index in [1.165, 1.54) is 0 Å². The third kappa shape index (κ3) is 5.82. The van der Waals surface area contributed by atoms with Crippen LogP contribution < -0.4 is 4.90 Å². The van der Waals surface area contributed by atoms with E-state index in [1.54, 1.807) is 24.2 Å². The normalized spacial score (nSPS) is 13.1. The Labute approximate surface area is 214 Å². The Morgan fingerprint density at radius 2 is 1.65 bits per heavy atom. The highest BCUT2D eigenvalue weighted by Crippen LogP contribution is 2.38. The number of pyridine rings is 1. The summed E-state index contributed by atoms with van der Waals surface area (Å²) in [5.41, 5.74) is 3.19. The Morgan fingerprint density at radius 1 is 0.941 bits per heavy atom. The minimum absolute atomic E-state index is 0.219. The minimum atomic E-state index is -0.219. The van der Waals surface area contributed by atoms with Crippen molar-refractivity contribution in [1.29, 1.82) is 0 Å². The SMILES string of the molecule is CC.CC.Fc1cc(-c2cc3c(Br)ccnc3n2Sc2ccccc2)ccc1N1CCOCC1. The van der Waals surface area contributed by atoms with Crippen molar-refractivity contribution in [2.45, 2.75) is 32.6 Å². The molecule has 1 aliphatic heterocycles. The molecule has 180 valence electrons. The summed E-state index contributed by atoms with van der Waals surface area (Å²) in [4.78, 5) is 7.72. The van der Waals surface area contributed by atoms with Gasteiger partial charge in [0.25, 0.3) is 0 Å².